The first-order valence-corrected chi connectivity index (χ1v) is 8.86. The summed E-state index contributed by atoms with van der Waals surface area (Å²) in [5, 5.41) is 23.5. The highest BCUT2D eigenvalue weighted by Gasteiger charge is 2.19. The van der Waals surface area contributed by atoms with Crippen molar-refractivity contribution >= 4 is 46.6 Å². The van der Waals surface area contributed by atoms with Crippen LogP contribution in [-0.2, 0) is 4.79 Å². The van der Waals surface area contributed by atoms with Gasteiger partial charge < -0.3 is 9.73 Å². The van der Waals surface area contributed by atoms with Crippen molar-refractivity contribution < 1.29 is 14.1 Å². The number of furan rings is 1. The SMILES string of the molecule is N#CC(=Cc1ccc(-c2ccc(Cl)cc2)o1)C(=O)Nc1ccc(Cl)cc1[N+](=O)[O-]. The second-order valence-corrected chi connectivity index (χ2v) is 6.62. The molecule has 0 unspecified atom stereocenters. The normalized spacial score (nSPS) is 11.0. The topological polar surface area (TPSA) is 109 Å². The Hall–Kier alpha value is -3.60. The molecule has 0 radical (unpaired) electrons. The van der Waals surface area contributed by atoms with Gasteiger partial charge in [0.05, 0.1) is 4.92 Å². The summed E-state index contributed by atoms with van der Waals surface area (Å²) < 4.78 is 5.64. The van der Waals surface area contributed by atoms with Crippen LogP contribution in [-0.4, -0.2) is 10.8 Å². The fourth-order valence-corrected chi connectivity index (χ4v) is 2.73. The summed E-state index contributed by atoms with van der Waals surface area (Å²) >= 11 is 11.6. The highest BCUT2D eigenvalue weighted by molar-refractivity contribution is 6.31. The van der Waals surface area contributed by atoms with Crippen molar-refractivity contribution in [2.24, 2.45) is 0 Å². The second kappa shape index (κ2) is 8.61. The van der Waals surface area contributed by atoms with Crippen molar-refractivity contribution in [3.8, 4) is 17.4 Å². The number of hydrogen-bond donors (Lipinski definition) is 1. The number of benzene rings is 2. The van der Waals surface area contributed by atoms with Crippen LogP contribution in [0.25, 0.3) is 17.4 Å². The molecule has 0 fully saturated rings. The number of nitro benzene ring substituents is 1. The van der Waals surface area contributed by atoms with Gasteiger partial charge in [0.15, 0.2) is 0 Å². The van der Waals surface area contributed by atoms with Gasteiger partial charge in [-0.3, -0.25) is 14.9 Å². The summed E-state index contributed by atoms with van der Waals surface area (Å²) in [4.78, 5) is 22.9. The third kappa shape index (κ3) is 4.82. The van der Waals surface area contributed by atoms with Gasteiger partial charge in [-0.1, -0.05) is 23.2 Å². The van der Waals surface area contributed by atoms with Crippen LogP contribution in [0, 0.1) is 21.4 Å². The quantitative estimate of drug-likeness (QED) is 0.242. The average molecular weight is 428 g/mol. The molecule has 0 saturated heterocycles. The Morgan fingerprint density at radius 1 is 1.10 bits per heavy atom. The summed E-state index contributed by atoms with van der Waals surface area (Å²) in [7, 11) is 0. The fourth-order valence-electron chi connectivity index (χ4n) is 2.44. The van der Waals surface area contributed by atoms with Crippen LogP contribution in [0.4, 0.5) is 11.4 Å². The fraction of sp³-hybridized carbons (Fsp3) is 0. The van der Waals surface area contributed by atoms with E-state index in [-0.39, 0.29) is 27.7 Å². The number of nitriles is 1. The molecule has 0 atom stereocenters. The van der Waals surface area contributed by atoms with E-state index in [1.807, 2.05) is 0 Å². The Labute approximate surface area is 174 Å². The van der Waals surface area contributed by atoms with E-state index in [0.29, 0.717) is 10.8 Å². The third-order valence-corrected chi connectivity index (χ3v) is 4.30. The largest absolute Gasteiger partial charge is 0.457 e. The molecular weight excluding hydrogens is 417 g/mol. The molecule has 0 aliphatic carbocycles. The number of nitrogens with one attached hydrogen (secondary N) is 1. The molecule has 9 heteroatoms. The molecule has 0 aliphatic rings. The molecule has 29 heavy (non-hydrogen) atoms. The lowest BCUT2D eigenvalue weighted by molar-refractivity contribution is -0.383. The number of halogens is 2. The Morgan fingerprint density at radius 3 is 2.45 bits per heavy atom. The van der Waals surface area contributed by atoms with Gasteiger partial charge in [-0.05, 0) is 48.5 Å². The molecule has 0 bridgehead atoms. The van der Waals surface area contributed by atoms with Gasteiger partial charge >= 0.3 is 0 Å². The first kappa shape index (κ1) is 20.1. The molecule has 0 saturated carbocycles. The third-order valence-electron chi connectivity index (χ3n) is 3.81. The molecule has 0 aliphatic heterocycles. The first-order chi connectivity index (χ1) is 13.9. The second-order valence-electron chi connectivity index (χ2n) is 5.75. The minimum Gasteiger partial charge on any atom is -0.457 e. The van der Waals surface area contributed by atoms with Gasteiger partial charge in [-0.2, -0.15) is 5.26 Å². The van der Waals surface area contributed by atoms with Crippen molar-refractivity contribution in [1.82, 2.24) is 0 Å². The maximum Gasteiger partial charge on any atom is 0.294 e. The highest BCUT2D eigenvalue weighted by atomic mass is 35.5. The van der Waals surface area contributed by atoms with Gasteiger partial charge in [0.1, 0.15) is 28.9 Å². The summed E-state index contributed by atoms with van der Waals surface area (Å²) in [5.41, 5.74) is 0.0260. The number of amides is 1. The maximum absolute atomic E-state index is 12.4. The van der Waals surface area contributed by atoms with Crippen LogP contribution < -0.4 is 5.32 Å². The molecule has 144 valence electrons. The van der Waals surface area contributed by atoms with E-state index in [9.17, 15) is 20.2 Å². The molecule has 1 amide bonds. The highest BCUT2D eigenvalue weighted by Crippen LogP contribution is 2.29. The first-order valence-electron chi connectivity index (χ1n) is 8.10. The minimum atomic E-state index is -0.817. The smallest absolute Gasteiger partial charge is 0.294 e. The maximum atomic E-state index is 12.4. The molecular formula is C20H11Cl2N3O4. The summed E-state index contributed by atoms with van der Waals surface area (Å²) in [5.74, 6) is -0.0198. The minimum absolute atomic E-state index is 0.0770. The van der Waals surface area contributed by atoms with E-state index >= 15 is 0 Å². The lowest BCUT2D eigenvalue weighted by Gasteiger charge is -2.05. The Morgan fingerprint density at radius 2 is 1.79 bits per heavy atom. The lowest BCUT2D eigenvalue weighted by Crippen LogP contribution is -2.14. The average Bonchev–Trinajstić information content (AvgIpc) is 3.16. The van der Waals surface area contributed by atoms with Gasteiger partial charge in [-0.15, -0.1) is 0 Å². The van der Waals surface area contributed by atoms with Crippen LogP contribution in [0.5, 0.6) is 0 Å². The predicted molar refractivity (Wildman–Crippen MR) is 109 cm³/mol. The van der Waals surface area contributed by atoms with Gasteiger partial charge in [0.25, 0.3) is 11.6 Å². The van der Waals surface area contributed by atoms with Crippen molar-refractivity contribution in [3.63, 3.8) is 0 Å². The van der Waals surface area contributed by atoms with Crippen molar-refractivity contribution in [1.29, 1.82) is 5.26 Å². The Balaban J connectivity index is 1.84. The number of carbonyl (C=O) groups is 1. The molecule has 0 spiro atoms. The van der Waals surface area contributed by atoms with Gasteiger partial charge in [0.2, 0.25) is 0 Å². The number of rotatable bonds is 5. The number of anilines is 1. The number of carbonyl (C=O) groups excluding carboxylic acids is 1. The van der Waals surface area contributed by atoms with E-state index < -0.39 is 10.8 Å². The summed E-state index contributed by atoms with van der Waals surface area (Å²) in [6.07, 6.45) is 1.25. The van der Waals surface area contributed by atoms with E-state index in [1.165, 1.54) is 18.2 Å². The molecule has 3 rings (SSSR count). The number of hydrogen-bond acceptors (Lipinski definition) is 5. The van der Waals surface area contributed by atoms with Gasteiger partial charge in [0, 0.05) is 27.8 Å². The number of nitrogens with zero attached hydrogens (tertiary/aromatic N) is 2. The van der Waals surface area contributed by atoms with Crippen LogP contribution in [0.3, 0.4) is 0 Å². The van der Waals surface area contributed by atoms with E-state index in [1.54, 1.807) is 42.5 Å². The van der Waals surface area contributed by atoms with Crippen LogP contribution in [0.1, 0.15) is 5.76 Å². The van der Waals surface area contributed by atoms with Crippen molar-refractivity contribution in [2.75, 3.05) is 5.32 Å². The zero-order valence-corrected chi connectivity index (χ0v) is 16.1. The standard InChI is InChI=1S/C20H11Cl2N3O4/c21-14-3-1-12(2-4-14)19-8-6-16(29-19)9-13(11-23)20(26)24-17-7-5-15(22)10-18(17)25(27)28/h1-10H,(H,24,26). The van der Waals surface area contributed by atoms with E-state index in [4.69, 9.17) is 27.6 Å². The monoisotopic (exact) mass is 427 g/mol. The molecule has 3 aromatic rings. The van der Waals surface area contributed by atoms with Gasteiger partial charge in [-0.25, -0.2) is 0 Å². The molecule has 7 nitrogen and oxygen atoms in total. The van der Waals surface area contributed by atoms with Crippen LogP contribution in [0.15, 0.2) is 64.6 Å². The summed E-state index contributed by atoms with van der Waals surface area (Å²) in [6, 6.07) is 15.8. The molecule has 1 heterocycles. The molecule has 1 N–H and O–H groups in total. The Bertz CT molecular complexity index is 1160. The molecule has 1 aromatic heterocycles. The number of nitro groups is 1. The lowest BCUT2D eigenvalue weighted by atomic mass is 10.2. The zero-order chi connectivity index (χ0) is 21.0. The summed E-state index contributed by atoms with van der Waals surface area (Å²) in [6.45, 7) is 0. The van der Waals surface area contributed by atoms with Crippen LogP contribution in [0.2, 0.25) is 10.0 Å². The Kier molecular flexibility index (Phi) is 5.98. The predicted octanol–water partition coefficient (Wildman–Crippen LogP) is 5.71. The van der Waals surface area contributed by atoms with Crippen molar-refractivity contribution in [3.05, 3.63) is 86.1 Å². The molecule has 2 aromatic carbocycles. The zero-order valence-electron chi connectivity index (χ0n) is 14.6. The van der Waals surface area contributed by atoms with E-state index in [2.05, 4.69) is 5.32 Å². The van der Waals surface area contributed by atoms with E-state index in [0.717, 1.165) is 11.6 Å². The van der Waals surface area contributed by atoms with Crippen LogP contribution >= 0.6 is 23.2 Å². The van der Waals surface area contributed by atoms with Crippen molar-refractivity contribution in [2.45, 2.75) is 0 Å².